The standard InChI is InChI=1S/C19H12ClNO4S/c20-26(24,25)17-10-9-12(13-5-1-2-6-14(13)17)11-21-18(22)15-7-3-4-8-16(15)19(21)23/h1-10H,11H2. The van der Waals surface area contributed by atoms with E-state index in [-0.39, 0.29) is 23.3 Å². The quantitative estimate of drug-likeness (QED) is 0.510. The third kappa shape index (κ3) is 2.58. The lowest BCUT2D eigenvalue weighted by molar-refractivity contribution is 0.0643. The summed E-state index contributed by atoms with van der Waals surface area (Å²) >= 11 is 0. The highest BCUT2D eigenvalue weighted by Gasteiger charge is 2.35. The molecule has 0 spiro atoms. The molecule has 0 aliphatic carbocycles. The molecule has 0 radical (unpaired) electrons. The molecule has 3 aromatic carbocycles. The first-order chi connectivity index (χ1) is 12.4. The van der Waals surface area contributed by atoms with Gasteiger partial charge in [0.1, 0.15) is 0 Å². The van der Waals surface area contributed by atoms with Crippen LogP contribution in [0.25, 0.3) is 10.8 Å². The molecule has 3 aromatic rings. The number of carbonyl (C=O) groups is 2. The Morgan fingerprint density at radius 3 is 1.88 bits per heavy atom. The Kier molecular flexibility index (Phi) is 3.82. The Hall–Kier alpha value is -2.70. The Labute approximate surface area is 154 Å². The van der Waals surface area contributed by atoms with Crippen LogP contribution in [0.2, 0.25) is 0 Å². The summed E-state index contributed by atoms with van der Waals surface area (Å²) in [5, 5.41) is 1.09. The van der Waals surface area contributed by atoms with Crippen molar-refractivity contribution < 1.29 is 18.0 Å². The van der Waals surface area contributed by atoms with E-state index in [2.05, 4.69) is 0 Å². The minimum atomic E-state index is -3.91. The van der Waals surface area contributed by atoms with E-state index >= 15 is 0 Å². The molecule has 0 aromatic heterocycles. The van der Waals surface area contributed by atoms with Crippen LogP contribution in [0, 0.1) is 0 Å². The lowest BCUT2D eigenvalue weighted by Crippen LogP contribution is -2.29. The summed E-state index contributed by atoms with van der Waals surface area (Å²) < 4.78 is 23.6. The Morgan fingerprint density at radius 2 is 1.31 bits per heavy atom. The molecule has 0 bridgehead atoms. The molecule has 1 aliphatic heterocycles. The molecule has 1 aliphatic rings. The van der Waals surface area contributed by atoms with E-state index in [1.807, 2.05) is 0 Å². The van der Waals surface area contributed by atoms with Gasteiger partial charge in [0.25, 0.3) is 20.9 Å². The van der Waals surface area contributed by atoms with E-state index in [9.17, 15) is 18.0 Å². The maximum atomic E-state index is 12.6. The zero-order valence-electron chi connectivity index (χ0n) is 13.3. The summed E-state index contributed by atoms with van der Waals surface area (Å²) in [4.78, 5) is 26.3. The number of imide groups is 1. The van der Waals surface area contributed by atoms with Crippen molar-refractivity contribution >= 4 is 42.3 Å². The Morgan fingerprint density at radius 1 is 0.769 bits per heavy atom. The maximum Gasteiger partial charge on any atom is 0.261 e. The topological polar surface area (TPSA) is 71.5 Å². The zero-order valence-corrected chi connectivity index (χ0v) is 14.9. The second kappa shape index (κ2) is 5.93. The van der Waals surface area contributed by atoms with E-state index in [1.165, 1.54) is 11.0 Å². The maximum absolute atomic E-state index is 12.6. The highest BCUT2D eigenvalue weighted by atomic mass is 35.7. The van der Waals surface area contributed by atoms with Gasteiger partial charge in [-0.1, -0.05) is 42.5 Å². The molecule has 0 unspecified atom stereocenters. The van der Waals surface area contributed by atoms with Crippen molar-refractivity contribution in [3.05, 3.63) is 77.4 Å². The fourth-order valence-corrected chi connectivity index (χ4v) is 4.31. The van der Waals surface area contributed by atoms with Gasteiger partial charge in [0.05, 0.1) is 22.6 Å². The second-order valence-corrected chi connectivity index (χ2v) is 8.48. The normalized spacial score (nSPS) is 14.1. The predicted molar refractivity (Wildman–Crippen MR) is 97.6 cm³/mol. The largest absolute Gasteiger partial charge is 0.270 e. The van der Waals surface area contributed by atoms with Crippen LogP contribution in [0.4, 0.5) is 0 Å². The van der Waals surface area contributed by atoms with Gasteiger partial charge in [-0.25, -0.2) is 8.42 Å². The molecule has 7 heteroatoms. The van der Waals surface area contributed by atoms with Gasteiger partial charge in [-0.05, 0) is 29.1 Å². The smallest absolute Gasteiger partial charge is 0.261 e. The number of amides is 2. The fourth-order valence-electron chi connectivity index (χ4n) is 3.24. The Bertz CT molecular complexity index is 1150. The van der Waals surface area contributed by atoms with Crippen molar-refractivity contribution in [2.45, 2.75) is 11.4 Å². The molecule has 4 rings (SSSR count). The van der Waals surface area contributed by atoms with Gasteiger partial charge in [0.2, 0.25) is 0 Å². The number of carbonyl (C=O) groups excluding carboxylic acids is 2. The number of rotatable bonds is 3. The van der Waals surface area contributed by atoms with Gasteiger partial charge >= 0.3 is 0 Å². The lowest BCUT2D eigenvalue weighted by atomic mass is 10.0. The van der Waals surface area contributed by atoms with Crippen molar-refractivity contribution in [2.75, 3.05) is 0 Å². The van der Waals surface area contributed by atoms with Gasteiger partial charge in [0.15, 0.2) is 0 Å². The number of hydrogen-bond donors (Lipinski definition) is 0. The number of fused-ring (bicyclic) bond motifs is 2. The van der Waals surface area contributed by atoms with Gasteiger partial charge < -0.3 is 0 Å². The number of hydrogen-bond acceptors (Lipinski definition) is 4. The molecule has 5 nitrogen and oxygen atoms in total. The summed E-state index contributed by atoms with van der Waals surface area (Å²) in [6.07, 6.45) is 0. The highest BCUT2D eigenvalue weighted by Crippen LogP contribution is 2.31. The third-order valence-electron chi connectivity index (χ3n) is 4.44. The van der Waals surface area contributed by atoms with Crippen LogP contribution < -0.4 is 0 Å². The van der Waals surface area contributed by atoms with Crippen molar-refractivity contribution in [1.82, 2.24) is 4.90 Å². The summed E-state index contributed by atoms with van der Waals surface area (Å²) in [6.45, 7) is 0.0511. The summed E-state index contributed by atoms with van der Waals surface area (Å²) in [5.74, 6) is -0.715. The van der Waals surface area contributed by atoms with Crippen LogP contribution in [0.1, 0.15) is 26.3 Å². The van der Waals surface area contributed by atoms with E-state index < -0.39 is 9.05 Å². The van der Waals surface area contributed by atoms with Crippen LogP contribution in [-0.4, -0.2) is 25.1 Å². The first kappa shape index (κ1) is 16.8. The average Bonchev–Trinajstić information content (AvgIpc) is 2.86. The summed E-state index contributed by atoms with van der Waals surface area (Å²) in [5.41, 5.74) is 1.42. The molecule has 1 heterocycles. The van der Waals surface area contributed by atoms with Crippen LogP contribution >= 0.6 is 10.7 Å². The second-order valence-electron chi connectivity index (χ2n) is 5.95. The number of nitrogens with zero attached hydrogens (tertiary/aromatic N) is 1. The third-order valence-corrected chi connectivity index (χ3v) is 5.82. The molecule has 0 atom stereocenters. The summed E-state index contributed by atoms with van der Waals surface area (Å²) in [6, 6.07) is 16.5. The van der Waals surface area contributed by atoms with Crippen LogP contribution in [0.5, 0.6) is 0 Å². The molecule has 130 valence electrons. The average molecular weight is 386 g/mol. The molecular formula is C19H12ClNO4S. The highest BCUT2D eigenvalue weighted by molar-refractivity contribution is 8.14. The summed E-state index contributed by atoms with van der Waals surface area (Å²) in [7, 11) is 1.61. The van der Waals surface area contributed by atoms with Gasteiger partial charge in [-0.2, -0.15) is 0 Å². The van der Waals surface area contributed by atoms with Crippen LogP contribution in [0.3, 0.4) is 0 Å². The van der Waals surface area contributed by atoms with Gasteiger partial charge in [-0.15, -0.1) is 0 Å². The molecular weight excluding hydrogens is 374 g/mol. The van der Waals surface area contributed by atoms with E-state index in [0.29, 0.717) is 27.5 Å². The molecule has 0 N–H and O–H groups in total. The van der Waals surface area contributed by atoms with E-state index in [4.69, 9.17) is 10.7 Å². The van der Waals surface area contributed by atoms with Crippen molar-refractivity contribution in [3.63, 3.8) is 0 Å². The minimum Gasteiger partial charge on any atom is -0.270 e. The van der Waals surface area contributed by atoms with E-state index in [0.717, 1.165) is 0 Å². The van der Waals surface area contributed by atoms with Gasteiger partial charge in [-0.3, -0.25) is 14.5 Å². The van der Waals surface area contributed by atoms with Crippen molar-refractivity contribution in [2.24, 2.45) is 0 Å². The Balaban J connectivity index is 1.81. The minimum absolute atomic E-state index is 0.000813. The van der Waals surface area contributed by atoms with Crippen molar-refractivity contribution in [1.29, 1.82) is 0 Å². The number of halogens is 1. The molecule has 2 amide bonds. The SMILES string of the molecule is O=C1c2ccccc2C(=O)N1Cc1ccc(S(=O)(=O)Cl)c2ccccc12. The molecule has 0 saturated carbocycles. The van der Waals surface area contributed by atoms with Crippen LogP contribution in [-0.2, 0) is 15.6 Å². The van der Waals surface area contributed by atoms with Gasteiger partial charge in [0, 0.05) is 16.1 Å². The zero-order chi connectivity index (χ0) is 18.5. The monoisotopic (exact) mass is 385 g/mol. The first-order valence-corrected chi connectivity index (χ1v) is 10.1. The van der Waals surface area contributed by atoms with Crippen LogP contribution in [0.15, 0.2) is 65.6 Å². The molecule has 0 saturated heterocycles. The molecule has 26 heavy (non-hydrogen) atoms. The van der Waals surface area contributed by atoms with E-state index in [1.54, 1.807) is 54.6 Å². The van der Waals surface area contributed by atoms with Crippen molar-refractivity contribution in [3.8, 4) is 0 Å². The lowest BCUT2D eigenvalue weighted by Gasteiger charge is -2.16. The first-order valence-electron chi connectivity index (χ1n) is 7.78. The molecule has 0 fully saturated rings. The number of benzene rings is 3. The fraction of sp³-hybridized carbons (Fsp3) is 0.0526. The predicted octanol–water partition coefficient (Wildman–Crippen LogP) is 3.56.